The molecule has 1 aromatic heterocycles. The van der Waals surface area contributed by atoms with Crippen LogP contribution >= 0.6 is 11.6 Å². The molecule has 0 aliphatic carbocycles. The van der Waals surface area contributed by atoms with E-state index in [9.17, 15) is 18.0 Å². The van der Waals surface area contributed by atoms with E-state index in [1.807, 2.05) is 0 Å². The van der Waals surface area contributed by atoms with Crippen LogP contribution in [0, 0.1) is 0 Å². The van der Waals surface area contributed by atoms with Crippen LogP contribution in [0.1, 0.15) is 5.56 Å². The van der Waals surface area contributed by atoms with Crippen LogP contribution in [0.3, 0.4) is 0 Å². The van der Waals surface area contributed by atoms with Crippen LogP contribution < -0.4 is 15.4 Å². The molecule has 3 aromatic rings. The molecule has 0 saturated heterocycles. The zero-order chi connectivity index (χ0) is 20.1. The maximum absolute atomic E-state index is 12.9. The van der Waals surface area contributed by atoms with Gasteiger partial charge in [-0.3, -0.25) is 4.98 Å². The molecule has 0 bridgehead atoms. The van der Waals surface area contributed by atoms with Crippen LogP contribution in [-0.2, 0) is 6.18 Å². The van der Waals surface area contributed by atoms with Crippen molar-refractivity contribution in [3.8, 4) is 11.5 Å². The Labute approximate surface area is 163 Å². The minimum Gasteiger partial charge on any atom is -0.456 e. The van der Waals surface area contributed by atoms with E-state index < -0.39 is 22.8 Å². The van der Waals surface area contributed by atoms with E-state index in [1.165, 1.54) is 6.07 Å². The summed E-state index contributed by atoms with van der Waals surface area (Å²) in [5, 5.41) is 4.42. The van der Waals surface area contributed by atoms with Crippen LogP contribution in [0.25, 0.3) is 0 Å². The lowest BCUT2D eigenvalue weighted by atomic mass is 10.2. The van der Waals surface area contributed by atoms with E-state index >= 15 is 0 Å². The molecule has 3 rings (SSSR count). The maximum Gasteiger partial charge on any atom is 0.417 e. The van der Waals surface area contributed by atoms with Gasteiger partial charge in [-0.1, -0.05) is 11.6 Å². The fraction of sp³-hybridized carbons (Fsp3) is 0.0526. The third-order valence-corrected chi connectivity index (χ3v) is 3.84. The summed E-state index contributed by atoms with van der Waals surface area (Å²) in [6.45, 7) is 0. The molecule has 0 unspecified atom stereocenters. The molecule has 0 fully saturated rings. The van der Waals surface area contributed by atoms with E-state index in [2.05, 4.69) is 15.6 Å². The number of benzene rings is 2. The highest BCUT2D eigenvalue weighted by molar-refractivity contribution is 6.31. The molecule has 5 nitrogen and oxygen atoms in total. The van der Waals surface area contributed by atoms with Gasteiger partial charge in [-0.05, 0) is 54.6 Å². The summed E-state index contributed by atoms with van der Waals surface area (Å²) < 4.78 is 44.2. The molecule has 0 aliphatic rings. The lowest BCUT2D eigenvalue weighted by Crippen LogP contribution is -2.19. The van der Waals surface area contributed by atoms with Gasteiger partial charge >= 0.3 is 12.2 Å². The van der Waals surface area contributed by atoms with E-state index in [-0.39, 0.29) is 5.69 Å². The number of urea groups is 1. The number of nitrogens with one attached hydrogen (secondary N) is 2. The maximum atomic E-state index is 12.9. The number of alkyl halides is 3. The average Bonchev–Trinajstić information content (AvgIpc) is 2.65. The van der Waals surface area contributed by atoms with Gasteiger partial charge in [0.25, 0.3) is 0 Å². The van der Waals surface area contributed by atoms with E-state index in [0.29, 0.717) is 17.2 Å². The molecular weight excluding hydrogens is 395 g/mol. The zero-order valence-electron chi connectivity index (χ0n) is 14.1. The molecule has 9 heteroatoms. The van der Waals surface area contributed by atoms with Crippen molar-refractivity contribution in [3.05, 3.63) is 77.6 Å². The Morgan fingerprint density at radius 2 is 1.64 bits per heavy atom. The molecule has 0 atom stereocenters. The Kier molecular flexibility index (Phi) is 5.70. The number of amides is 2. The van der Waals surface area contributed by atoms with Gasteiger partial charge in [0.1, 0.15) is 11.5 Å². The molecule has 1 heterocycles. The highest BCUT2D eigenvalue weighted by Crippen LogP contribution is 2.36. The summed E-state index contributed by atoms with van der Waals surface area (Å²) in [6.07, 6.45) is -1.44. The summed E-state index contributed by atoms with van der Waals surface area (Å²) in [7, 11) is 0. The first kappa shape index (κ1) is 19.5. The Hall–Kier alpha value is -3.26. The minimum atomic E-state index is -4.62. The summed E-state index contributed by atoms with van der Waals surface area (Å²) in [4.78, 5) is 16.0. The second-order valence-electron chi connectivity index (χ2n) is 5.59. The number of nitrogens with zero attached hydrogens (tertiary/aromatic N) is 1. The molecule has 2 aromatic carbocycles. The Morgan fingerprint density at radius 1 is 0.964 bits per heavy atom. The Morgan fingerprint density at radius 3 is 2.29 bits per heavy atom. The highest BCUT2D eigenvalue weighted by Gasteiger charge is 2.33. The van der Waals surface area contributed by atoms with Crippen molar-refractivity contribution in [2.24, 2.45) is 0 Å². The van der Waals surface area contributed by atoms with Crippen molar-refractivity contribution < 1.29 is 22.7 Å². The number of hydrogen-bond acceptors (Lipinski definition) is 3. The van der Waals surface area contributed by atoms with Gasteiger partial charge in [0.2, 0.25) is 0 Å². The first-order valence-corrected chi connectivity index (χ1v) is 8.32. The van der Waals surface area contributed by atoms with Gasteiger partial charge in [-0.2, -0.15) is 13.2 Å². The second kappa shape index (κ2) is 8.18. The van der Waals surface area contributed by atoms with Crippen molar-refractivity contribution in [3.63, 3.8) is 0 Å². The summed E-state index contributed by atoms with van der Waals surface area (Å²) in [5.41, 5.74) is -0.629. The Balaban J connectivity index is 1.62. The number of pyridine rings is 1. The fourth-order valence-corrected chi connectivity index (χ4v) is 2.49. The zero-order valence-corrected chi connectivity index (χ0v) is 14.9. The largest absolute Gasteiger partial charge is 0.456 e. The molecule has 28 heavy (non-hydrogen) atoms. The van der Waals surface area contributed by atoms with Crippen molar-refractivity contribution >= 4 is 29.0 Å². The molecular formula is C19H13ClF3N3O2. The number of aromatic nitrogens is 1. The first-order valence-electron chi connectivity index (χ1n) is 7.94. The molecule has 144 valence electrons. The minimum absolute atomic E-state index is 0.0363. The highest BCUT2D eigenvalue weighted by atomic mass is 35.5. The Bertz CT molecular complexity index is 964. The number of anilines is 2. The van der Waals surface area contributed by atoms with Crippen molar-refractivity contribution in [1.29, 1.82) is 0 Å². The normalized spacial score (nSPS) is 11.0. The second-order valence-corrected chi connectivity index (χ2v) is 5.99. The first-order chi connectivity index (χ1) is 13.3. The standard InChI is InChI=1S/C19H13ClF3N3O2/c20-17-8-5-13(10-16(17)19(21,22)23)26-18(27)25-12-3-6-14(7-4-12)28-15-2-1-9-24-11-15/h1-11H,(H2,25,26,27). The van der Waals surface area contributed by atoms with Crippen molar-refractivity contribution in [2.45, 2.75) is 6.18 Å². The van der Waals surface area contributed by atoms with Gasteiger partial charge < -0.3 is 15.4 Å². The van der Waals surface area contributed by atoms with Crippen molar-refractivity contribution in [1.82, 2.24) is 4.98 Å². The summed E-state index contributed by atoms with van der Waals surface area (Å²) in [6, 6.07) is 12.3. The van der Waals surface area contributed by atoms with Gasteiger partial charge in [0.05, 0.1) is 16.8 Å². The lowest BCUT2D eigenvalue weighted by molar-refractivity contribution is -0.137. The van der Waals surface area contributed by atoms with E-state index in [0.717, 1.165) is 12.1 Å². The number of carbonyl (C=O) groups is 1. The predicted octanol–water partition coefficient (Wildman–Crippen LogP) is 6.19. The summed E-state index contributed by atoms with van der Waals surface area (Å²) >= 11 is 5.56. The number of halogens is 4. The monoisotopic (exact) mass is 407 g/mol. The molecule has 0 saturated carbocycles. The third kappa shape index (κ3) is 5.14. The molecule has 2 N–H and O–H groups in total. The summed E-state index contributed by atoms with van der Waals surface area (Å²) in [5.74, 6) is 1.09. The van der Waals surface area contributed by atoms with Gasteiger partial charge in [0, 0.05) is 17.6 Å². The van der Waals surface area contributed by atoms with Gasteiger partial charge in [0.15, 0.2) is 0 Å². The number of hydrogen-bond donors (Lipinski definition) is 2. The van der Waals surface area contributed by atoms with E-state index in [1.54, 1.807) is 48.8 Å². The average molecular weight is 408 g/mol. The van der Waals surface area contributed by atoms with Crippen LogP contribution in [0.2, 0.25) is 5.02 Å². The van der Waals surface area contributed by atoms with Crippen LogP contribution in [0.5, 0.6) is 11.5 Å². The lowest BCUT2D eigenvalue weighted by Gasteiger charge is -2.12. The van der Waals surface area contributed by atoms with Crippen LogP contribution in [0.15, 0.2) is 67.0 Å². The van der Waals surface area contributed by atoms with E-state index in [4.69, 9.17) is 16.3 Å². The SMILES string of the molecule is O=C(Nc1ccc(Oc2cccnc2)cc1)Nc1ccc(Cl)c(C(F)(F)F)c1. The fourth-order valence-electron chi connectivity index (χ4n) is 2.26. The molecule has 2 amide bonds. The predicted molar refractivity (Wildman–Crippen MR) is 99.8 cm³/mol. The number of ether oxygens (including phenoxy) is 1. The van der Waals surface area contributed by atoms with Gasteiger partial charge in [-0.15, -0.1) is 0 Å². The number of carbonyl (C=O) groups excluding carboxylic acids is 1. The quantitative estimate of drug-likeness (QED) is 0.542. The van der Waals surface area contributed by atoms with Crippen LogP contribution in [-0.4, -0.2) is 11.0 Å². The van der Waals surface area contributed by atoms with Gasteiger partial charge in [-0.25, -0.2) is 4.79 Å². The molecule has 0 spiro atoms. The molecule has 0 radical (unpaired) electrons. The molecule has 0 aliphatic heterocycles. The smallest absolute Gasteiger partial charge is 0.417 e. The van der Waals surface area contributed by atoms with Crippen molar-refractivity contribution in [2.75, 3.05) is 10.6 Å². The number of rotatable bonds is 4. The van der Waals surface area contributed by atoms with Crippen LogP contribution in [0.4, 0.5) is 29.3 Å². The third-order valence-electron chi connectivity index (χ3n) is 3.51. The topological polar surface area (TPSA) is 63.2 Å².